The number of hydrogen-bond donors (Lipinski definition) is 1. The van der Waals surface area contributed by atoms with Crippen molar-refractivity contribution in [2.45, 2.75) is 64.5 Å². The van der Waals surface area contributed by atoms with Crippen molar-refractivity contribution < 1.29 is 4.79 Å². The Morgan fingerprint density at radius 2 is 2.04 bits per heavy atom. The second kappa shape index (κ2) is 7.04. The van der Waals surface area contributed by atoms with Crippen molar-refractivity contribution in [3.05, 3.63) is 17.5 Å². The lowest BCUT2D eigenvalue weighted by atomic mass is 9.87. The second-order valence-electron chi connectivity index (χ2n) is 7.53. The SMILES string of the molecule is CC(C)c1nn(C)cc1C1NC(=O)CN1CCC1CCCCC1. The van der Waals surface area contributed by atoms with Gasteiger partial charge in [-0.1, -0.05) is 46.0 Å². The third-order valence-corrected chi connectivity index (χ3v) is 5.29. The first-order valence-electron chi connectivity index (χ1n) is 9.11. The van der Waals surface area contributed by atoms with Gasteiger partial charge in [-0.05, 0) is 18.3 Å². The Kier molecular flexibility index (Phi) is 5.05. The molecule has 1 unspecified atom stereocenters. The summed E-state index contributed by atoms with van der Waals surface area (Å²) in [6, 6.07) is 0. The van der Waals surface area contributed by atoms with Gasteiger partial charge >= 0.3 is 0 Å². The highest BCUT2D eigenvalue weighted by molar-refractivity contribution is 5.80. The Bertz CT molecular complexity index is 545. The molecule has 0 bridgehead atoms. The van der Waals surface area contributed by atoms with Crippen LogP contribution in [0.1, 0.15) is 75.7 Å². The molecule has 0 aromatic carbocycles. The molecule has 2 fully saturated rings. The van der Waals surface area contributed by atoms with E-state index in [0.29, 0.717) is 12.5 Å². The molecule has 1 N–H and O–H groups in total. The van der Waals surface area contributed by atoms with Gasteiger partial charge in [0.25, 0.3) is 0 Å². The largest absolute Gasteiger partial charge is 0.335 e. The number of aromatic nitrogens is 2. The molecule has 128 valence electrons. The molecule has 1 saturated carbocycles. The number of hydrogen-bond acceptors (Lipinski definition) is 3. The van der Waals surface area contributed by atoms with E-state index in [2.05, 4.69) is 35.4 Å². The predicted molar refractivity (Wildman–Crippen MR) is 90.9 cm³/mol. The molecule has 5 nitrogen and oxygen atoms in total. The molecule has 1 aromatic rings. The molecular weight excluding hydrogens is 288 g/mol. The van der Waals surface area contributed by atoms with Crippen molar-refractivity contribution in [3.8, 4) is 0 Å². The van der Waals surface area contributed by atoms with Gasteiger partial charge in [0.05, 0.1) is 12.2 Å². The van der Waals surface area contributed by atoms with Gasteiger partial charge in [-0.25, -0.2) is 0 Å². The van der Waals surface area contributed by atoms with Crippen LogP contribution in [0.5, 0.6) is 0 Å². The molecule has 1 atom stereocenters. The van der Waals surface area contributed by atoms with Crippen LogP contribution in [0.25, 0.3) is 0 Å². The van der Waals surface area contributed by atoms with Gasteiger partial charge in [0, 0.05) is 25.4 Å². The van der Waals surface area contributed by atoms with Crippen LogP contribution in [-0.2, 0) is 11.8 Å². The maximum absolute atomic E-state index is 12.0. The van der Waals surface area contributed by atoms with Gasteiger partial charge < -0.3 is 5.32 Å². The number of carbonyl (C=O) groups excluding carboxylic acids is 1. The van der Waals surface area contributed by atoms with E-state index >= 15 is 0 Å². The van der Waals surface area contributed by atoms with E-state index < -0.39 is 0 Å². The summed E-state index contributed by atoms with van der Waals surface area (Å²) < 4.78 is 1.87. The molecule has 23 heavy (non-hydrogen) atoms. The fourth-order valence-corrected chi connectivity index (χ4v) is 4.06. The van der Waals surface area contributed by atoms with Gasteiger partial charge in [0.2, 0.25) is 5.91 Å². The molecule has 3 rings (SSSR count). The molecule has 1 saturated heterocycles. The lowest BCUT2D eigenvalue weighted by Gasteiger charge is -2.27. The number of rotatable bonds is 5. The summed E-state index contributed by atoms with van der Waals surface area (Å²) in [7, 11) is 1.96. The molecule has 0 radical (unpaired) electrons. The minimum absolute atomic E-state index is 0.00260. The van der Waals surface area contributed by atoms with E-state index in [1.807, 2.05) is 11.7 Å². The molecule has 1 aromatic heterocycles. The normalized spacial score (nSPS) is 23.7. The molecule has 1 amide bonds. The topological polar surface area (TPSA) is 50.2 Å². The van der Waals surface area contributed by atoms with Gasteiger partial charge in [0.1, 0.15) is 6.17 Å². The maximum atomic E-state index is 12.0. The Hall–Kier alpha value is -1.36. The van der Waals surface area contributed by atoms with Crippen LogP contribution in [0.4, 0.5) is 0 Å². The van der Waals surface area contributed by atoms with Crippen LogP contribution in [-0.4, -0.2) is 33.7 Å². The molecule has 2 aliphatic rings. The van der Waals surface area contributed by atoms with Crippen LogP contribution in [0, 0.1) is 5.92 Å². The summed E-state index contributed by atoms with van der Waals surface area (Å²) in [5, 5.41) is 7.75. The number of carbonyl (C=O) groups is 1. The number of aryl methyl sites for hydroxylation is 1. The zero-order valence-corrected chi connectivity index (χ0v) is 14.7. The monoisotopic (exact) mass is 318 g/mol. The van der Waals surface area contributed by atoms with Crippen molar-refractivity contribution in [2.24, 2.45) is 13.0 Å². The lowest BCUT2D eigenvalue weighted by molar-refractivity contribution is -0.118. The Labute approximate surface area is 139 Å². The first kappa shape index (κ1) is 16.5. The maximum Gasteiger partial charge on any atom is 0.235 e. The third-order valence-electron chi connectivity index (χ3n) is 5.29. The van der Waals surface area contributed by atoms with Gasteiger partial charge in [-0.15, -0.1) is 0 Å². The third kappa shape index (κ3) is 3.77. The van der Waals surface area contributed by atoms with E-state index in [0.717, 1.165) is 23.7 Å². The minimum atomic E-state index is -0.00260. The van der Waals surface area contributed by atoms with E-state index in [1.54, 1.807) is 0 Å². The van der Waals surface area contributed by atoms with Gasteiger partial charge in [-0.2, -0.15) is 5.10 Å². The lowest BCUT2D eigenvalue weighted by Crippen LogP contribution is -2.30. The van der Waals surface area contributed by atoms with E-state index in [-0.39, 0.29) is 12.1 Å². The molecular formula is C18H30N4O. The van der Waals surface area contributed by atoms with E-state index in [1.165, 1.54) is 38.5 Å². The van der Waals surface area contributed by atoms with Crippen molar-refractivity contribution in [3.63, 3.8) is 0 Å². The summed E-state index contributed by atoms with van der Waals surface area (Å²) in [5.41, 5.74) is 2.26. The first-order chi connectivity index (χ1) is 11.0. The van der Waals surface area contributed by atoms with Crippen LogP contribution in [0.2, 0.25) is 0 Å². The van der Waals surface area contributed by atoms with Crippen molar-refractivity contribution in [1.29, 1.82) is 0 Å². The van der Waals surface area contributed by atoms with Crippen LogP contribution in [0.3, 0.4) is 0 Å². The number of amides is 1. The van der Waals surface area contributed by atoms with Crippen molar-refractivity contribution in [2.75, 3.05) is 13.1 Å². The molecule has 1 aliphatic carbocycles. The Balaban J connectivity index is 1.70. The molecule has 0 spiro atoms. The highest BCUT2D eigenvalue weighted by atomic mass is 16.2. The summed E-state index contributed by atoms with van der Waals surface area (Å²) in [6.45, 7) is 5.84. The Morgan fingerprint density at radius 1 is 1.30 bits per heavy atom. The summed E-state index contributed by atoms with van der Waals surface area (Å²) in [6.07, 6.45) is 10.2. The van der Waals surface area contributed by atoms with Crippen LogP contribution < -0.4 is 5.32 Å². The van der Waals surface area contributed by atoms with Gasteiger partial charge in [0.15, 0.2) is 0 Å². The van der Waals surface area contributed by atoms with Crippen LogP contribution >= 0.6 is 0 Å². The smallest absolute Gasteiger partial charge is 0.235 e. The zero-order valence-electron chi connectivity index (χ0n) is 14.7. The van der Waals surface area contributed by atoms with Crippen molar-refractivity contribution >= 4 is 5.91 Å². The van der Waals surface area contributed by atoms with Crippen LogP contribution in [0.15, 0.2) is 6.20 Å². The molecule has 2 heterocycles. The quantitative estimate of drug-likeness (QED) is 0.908. The summed E-state index contributed by atoms with van der Waals surface area (Å²) in [5.74, 6) is 1.35. The standard InChI is InChI=1S/C18H30N4O/c1-13(2)17-15(11-21(3)20-17)18-19-16(23)12-22(18)10-9-14-7-5-4-6-8-14/h11,13-14,18H,4-10,12H2,1-3H3,(H,19,23). The minimum Gasteiger partial charge on any atom is -0.335 e. The second-order valence-corrected chi connectivity index (χ2v) is 7.53. The highest BCUT2D eigenvalue weighted by Crippen LogP contribution is 2.31. The Morgan fingerprint density at radius 3 is 2.74 bits per heavy atom. The van der Waals surface area contributed by atoms with E-state index in [4.69, 9.17) is 0 Å². The zero-order chi connectivity index (χ0) is 16.4. The highest BCUT2D eigenvalue weighted by Gasteiger charge is 2.34. The predicted octanol–water partition coefficient (Wildman–Crippen LogP) is 2.94. The number of nitrogens with one attached hydrogen (secondary N) is 1. The summed E-state index contributed by atoms with van der Waals surface area (Å²) >= 11 is 0. The molecule has 1 aliphatic heterocycles. The van der Waals surface area contributed by atoms with E-state index in [9.17, 15) is 4.79 Å². The van der Waals surface area contributed by atoms with Gasteiger partial charge in [-0.3, -0.25) is 14.4 Å². The van der Waals surface area contributed by atoms with Crippen molar-refractivity contribution in [1.82, 2.24) is 20.0 Å². The summed E-state index contributed by atoms with van der Waals surface area (Å²) in [4.78, 5) is 14.3. The fourth-order valence-electron chi connectivity index (χ4n) is 4.06. The number of nitrogens with zero attached hydrogens (tertiary/aromatic N) is 3. The first-order valence-corrected chi connectivity index (χ1v) is 9.11. The average Bonchev–Trinajstić information content (AvgIpc) is 3.09. The average molecular weight is 318 g/mol. The fraction of sp³-hybridized carbons (Fsp3) is 0.778. The molecule has 5 heteroatoms.